The van der Waals surface area contributed by atoms with Gasteiger partial charge in [-0.15, -0.1) is 11.3 Å². The number of carbonyl (C=O) groups excluding carboxylic acids is 1. The van der Waals surface area contributed by atoms with Crippen LogP contribution in [0.15, 0.2) is 54.2 Å². The molecule has 2 heterocycles. The first-order chi connectivity index (χ1) is 11.3. The van der Waals surface area contributed by atoms with Crippen molar-refractivity contribution in [1.82, 2.24) is 20.3 Å². The zero-order valence-electron chi connectivity index (χ0n) is 12.2. The van der Waals surface area contributed by atoms with Crippen LogP contribution in [0.4, 0.5) is 0 Å². The van der Waals surface area contributed by atoms with Crippen LogP contribution in [0.1, 0.15) is 28.4 Å². The molecule has 0 saturated heterocycles. The van der Waals surface area contributed by atoms with Gasteiger partial charge in [0.15, 0.2) is 10.8 Å². The van der Waals surface area contributed by atoms with Crippen LogP contribution in [0.3, 0.4) is 0 Å². The molecule has 5 nitrogen and oxygen atoms in total. The smallest absolute Gasteiger partial charge is 0.271 e. The van der Waals surface area contributed by atoms with Crippen molar-refractivity contribution in [3.8, 4) is 10.8 Å². The Bertz CT molecular complexity index is 819. The van der Waals surface area contributed by atoms with Crippen LogP contribution in [-0.4, -0.2) is 26.9 Å². The Hall–Kier alpha value is -2.60. The van der Waals surface area contributed by atoms with E-state index in [4.69, 9.17) is 0 Å². The number of hydrogen-bond donors (Lipinski definition) is 1. The number of nitrogens with one attached hydrogen (secondary N) is 1. The number of rotatable bonds is 4. The standard InChI is InChI=1S/C17H14N4OS/c22-16(20-13-9-12(13)11-5-2-1-3-6-11)14-10-23-17(21-14)15-18-7-4-8-19-15/h1-8,10,12-13H,9H2,(H,20,22)/t12-,13+/m0/s1. The van der Waals surface area contributed by atoms with Gasteiger partial charge in [0.2, 0.25) is 0 Å². The Kier molecular flexibility index (Phi) is 3.59. The number of nitrogens with zero attached hydrogens (tertiary/aromatic N) is 3. The SMILES string of the molecule is O=C(N[C@@H]1C[C@H]1c1ccccc1)c1csc(-c2ncccn2)n1. The van der Waals surface area contributed by atoms with Crippen LogP contribution in [0.25, 0.3) is 10.8 Å². The minimum absolute atomic E-state index is 0.133. The van der Waals surface area contributed by atoms with Crippen molar-refractivity contribution in [2.45, 2.75) is 18.4 Å². The minimum Gasteiger partial charge on any atom is -0.347 e. The molecule has 1 N–H and O–H groups in total. The van der Waals surface area contributed by atoms with Gasteiger partial charge in [-0.1, -0.05) is 30.3 Å². The Balaban J connectivity index is 1.42. The van der Waals surface area contributed by atoms with Crippen molar-refractivity contribution in [3.05, 3.63) is 65.4 Å². The Morgan fingerprint density at radius 2 is 1.91 bits per heavy atom. The zero-order valence-corrected chi connectivity index (χ0v) is 13.0. The van der Waals surface area contributed by atoms with Gasteiger partial charge in [-0.25, -0.2) is 15.0 Å². The lowest BCUT2D eigenvalue weighted by Gasteiger charge is -2.02. The largest absolute Gasteiger partial charge is 0.347 e. The van der Waals surface area contributed by atoms with Crippen molar-refractivity contribution >= 4 is 17.2 Å². The van der Waals surface area contributed by atoms with Gasteiger partial charge in [-0.2, -0.15) is 0 Å². The summed E-state index contributed by atoms with van der Waals surface area (Å²) in [4.78, 5) is 25.0. The summed E-state index contributed by atoms with van der Waals surface area (Å²) >= 11 is 1.38. The van der Waals surface area contributed by atoms with Gasteiger partial charge in [0.1, 0.15) is 5.69 Å². The summed E-state index contributed by atoms with van der Waals surface area (Å²) in [5.74, 6) is 0.827. The number of amides is 1. The maximum Gasteiger partial charge on any atom is 0.271 e. The molecule has 1 aliphatic carbocycles. The summed E-state index contributed by atoms with van der Waals surface area (Å²) in [5, 5.41) is 5.46. The number of carbonyl (C=O) groups is 1. The fourth-order valence-corrected chi connectivity index (χ4v) is 3.30. The van der Waals surface area contributed by atoms with E-state index in [-0.39, 0.29) is 11.9 Å². The van der Waals surface area contributed by atoms with Crippen LogP contribution >= 0.6 is 11.3 Å². The average molecular weight is 322 g/mol. The Morgan fingerprint density at radius 3 is 2.70 bits per heavy atom. The van der Waals surface area contributed by atoms with E-state index in [1.165, 1.54) is 16.9 Å². The van der Waals surface area contributed by atoms with Gasteiger partial charge >= 0.3 is 0 Å². The second-order valence-corrected chi connectivity index (χ2v) is 6.30. The molecule has 0 bridgehead atoms. The van der Waals surface area contributed by atoms with Crippen LogP contribution in [0.2, 0.25) is 0 Å². The molecule has 2 aromatic heterocycles. The zero-order chi connectivity index (χ0) is 15.6. The molecule has 1 aliphatic rings. The molecule has 6 heteroatoms. The predicted molar refractivity (Wildman–Crippen MR) is 88.2 cm³/mol. The molecule has 23 heavy (non-hydrogen) atoms. The van der Waals surface area contributed by atoms with Crippen molar-refractivity contribution in [2.24, 2.45) is 0 Å². The van der Waals surface area contributed by atoms with E-state index in [9.17, 15) is 4.79 Å². The molecule has 114 valence electrons. The Morgan fingerprint density at radius 1 is 1.13 bits per heavy atom. The molecule has 3 aromatic rings. The molecule has 1 amide bonds. The van der Waals surface area contributed by atoms with Crippen molar-refractivity contribution in [2.75, 3.05) is 0 Å². The molecule has 0 radical (unpaired) electrons. The summed E-state index contributed by atoms with van der Waals surface area (Å²) in [7, 11) is 0. The maximum atomic E-state index is 12.3. The van der Waals surface area contributed by atoms with Crippen LogP contribution < -0.4 is 5.32 Å². The molecular formula is C17H14N4OS. The lowest BCUT2D eigenvalue weighted by molar-refractivity contribution is 0.0946. The molecule has 0 unspecified atom stereocenters. The highest BCUT2D eigenvalue weighted by molar-refractivity contribution is 7.13. The number of hydrogen-bond acceptors (Lipinski definition) is 5. The topological polar surface area (TPSA) is 67.8 Å². The first-order valence-electron chi connectivity index (χ1n) is 7.40. The first kappa shape index (κ1) is 14.0. The number of aromatic nitrogens is 3. The maximum absolute atomic E-state index is 12.3. The van der Waals surface area contributed by atoms with Crippen molar-refractivity contribution < 1.29 is 4.79 Å². The fourth-order valence-electron chi connectivity index (χ4n) is 2.56. The molecular weight excluding hydrogens is 308 g/mol. The Labute approximate surface area is 137 Å². The summed E-state index contributed by atoms with van der Waals surface area (Å²) in [6.07, 6.45) is 4.31. The molecule has 0 spiro atoms. The molecule has 0 aliphatic heterocycles. The lowest BCUT2D eigenvalue weighted by atomic mass is 10.1. The fraction of sp³-hybridized carbons (Fsp3) is 0.176. The highest BCUT2D eigenvalue weighted by atomic mass is 32.1. The van der Waals surface area contributed by atoms with E-state index in [1.54, 1.807) is 23.8 Å². The van der Waals surface area contributed by atoms with E-state index in [0.29, 0.717) is 22.4 Å². The summed E-state index contributed by atoms with van der Waals surface area (Å²) in [6, 6.07) is 12.2. The summed E-state index contributed by atoms with van der Waals surface area (Å²) < 4.78 is 0. The van der Waals surface area contributed by atoms with E-state index in [0.717, 1.165) is 6.42 Å². The van der Waals surface area contributed by atoms with Crippen LogP contribution in [0, 0.1) is 0 Å². The highest BCUT2D eigenvalue weighted by Crippen LogP contribution is 2.40. The third kappa shape index (κ3) is 2.98. The normalized spacial score (nSPS) is 19.3. The van der Waals surface area contributed by atoms with Gasteiger partial charge in [0, 0.05) is 29.7 Å². The van der Waals surface area contributed by atoms with Gasteiger partial charge < -0.3 is 5.32 Å². The number of thiazole rings is 1. The monoisotopic (exact) mass is 322 g/mol. The minimum atomic E-state index is -0.133. The van der Waals surface area contributed by atoms with E-state index in [2.05, 4.69) is 32.4 Å². The van der Waals surface area contributed by atoms with Gasteiger partial charge in [0.25, 0.3) is 5.91 Å². The highest BCUT2D eigenvalue weighted by Gasteiger charge is 2.39. The molecule has 1 aromatic carbocycles. The molecule has 4 rings (SSSR count). The molecule has 1 saturated carbocycles. The van der Waals surface area contributed by atoms with Gasteiger partial charge in [-0.05, 0) is 18.1 Å². The first-order valence-corrected chi connectivity index (χ1v) is 8.28. The van der Waals surface area contributed by atoms with E-state index in [1.807, 2.05) is 18.2 Å². The second-order valence-electron chi connectivity index (χ2n) is 5.44. The lowest BCUT2D eigenvalue weighted by Crippen LogP contribution is -2.26. The van der Waals surface area contributed by atoms with E-state index >= 15 is 0 Å². The van der Waals surface area contributed by atoms with Gasteiger partial charge in [-0.3, -0.25) is 4.79 Å². The third-order valence-electron chi connectivity index (χ3n) is 3.83. The van der Waals surface area contributed by atoms with Crippen molar-refractivity contribution in [3.63, 3.8) is 0 Å². The quantitative estimate of drug-likeness (QED) is 0.802. The summed E-state index contributed by atoms with van der Waals surface area (Å²) in [6.45, 7) is 0. The predicted octanol–water partition coefficient (Wildman–Crippen LogP) is 2.89. The second kappa shape index (κ2) is 5.89. The summed E-state index contributed by atoms with van der Waals surface area (Å²) in [5.41, 5.74) is 1.70. The van der Waals surface area contributed by atoms with Crippen molar-refractivity contribution in [1.29, 1.82) is 0 Å². The third-order valence-corrected chi connectivity index (χ3v) is 4.67. The average Bonchev–Trinajstić information content (AvgIpc) is 3.19. The van der Waals surface area contributed by atoms with Crippen LogP contribution in [0.5, 0.6) is 0 Å². The van der Waals surface area contributed by atoms with E-state index < -0.39 is 0 Å². The molecule has 1 fully saturated rings. The number of benzene rings is 1. The molecule has 2 atom stereocenters. The van der Waals surface area contributed by atoms with Crippen LogP contribution in [-0.2, 0) is 0 Å². The van der Waals surface area contributed by atoms with Gasteiger partial charge in [0.05, 0.1) is 0 Å².